The van der Waals surface area contributed by atoms with Crippen LogP contribution in [-0.4, -0.2) is 25.3 Å². The van der Waals surface area contributed by atoms with Gasteiger partial charge in [0.05, 0.1) is 7.11 Å². The lowest BCUT2D eigenvalue weighted by Gasteiger charge is -2.12. The minimum atomic E-state index is 0.675. The van der Waals surface area contributed by atoms with Gasteiger partial charge in [-0.3, -0.25) is 0 Å². The molecule has 0 spiro atoms. The first-order valence-corrected chi connectivity index (χ1v) is 8.35. The average molecular weight is 349 g/mol. The summed E-state index contributed by atoms with van der Waals surface area (Å²) in [4.78, 5) is 0. The Hall–Kier alpha value is -1.78. The van der Waals surface area contributed by atoms with Crippen molar-refractivity contribution in [3.63, 3.8) is 0 Å². The zero-order valence-electron chi connectivity index (χ0n) is 13.1. The second-order valence-corrected chi connectivity index (χ2v) is 5.97. The Morgan fingerprint density at radius 3 is 2.35 bits per heavy atom. The number of hydrogen-bond acceptors (Lipinski definition) is 2. The Kier molecular flexibility index (Phi) is 7.17. The normalized spacial score (nSPS) is 10.2. The maximum atomic E-state index is 5.87. The van der Waals surface area contributed by atoms with Crippen molar-refractivity contribution in [2.45, 2.75) is 12.8 Å². The summed E-state index contributed by atoms with van der Waals surface area (Å²) in [5.41, 5.74) is 2.41. The lowest BCUT2D eigenvalue weighted by molar-refractivity contribution is 0.409. The van der Waals surface area contributed by atoms with E-state index in [1.54, 1.807) is 7.11 Å². The standard InChI is InChI=1S/C18H21ClN2OS/c1-22-17-5-3-2-4-15(17)11-13-21-18(23)20-12-10-14-6-8-16(19)9-7-14/h2-9H,10-13H2,1H3,(H2,20,21,23). The maximum Gasteiger partial charge on any atom is 0.166 e. The van der Waals surface area contributed by atoms with Crippen molar-refractivity contribution in [1.29, 1.82) is 0 Å². The molecule has 0 saturated heterocycles. The van der Waals surface area contributed by atoms with Gasteiger partial charge in [0.2, 0.25) is 0 Å². The van der Waals surface area contributed by atoms with Crippen LogP contribution in [0.1, 0.15) is 11.1 Å². The largest absolute Gasteiger partial charge is 0.496 e. The van der Waals surface area contributed by atoms with Crippen LogP contribution in [0.3, 0.4) is 0 Å². The number of ether oxygens (including phenoxy) is 1. The van der Waals surface area contributed by atoms with Gasteiger partial charge in [0.15, 0.2) is 5.11 Å². The van der Waals surface area contributed by atoms with E-state index in [0.29, 0.717) is 5.11 Å². The molecule has 0 aliphatic rings. The first-order chi connectivity index (χ1) is 11.2. The quantitative estimate of drug-likeness (QED) is 0.749. The first kappa shape index (κ1) is 17.6. The van der Waals surface area contributed by atoms with E-state index in [1.165, 1.54) is 11.1 Å². The summed E-state index contributed by atoms with van der Waals surface area (Å²) in [5.74, 6) is 0.913. The van der Waals surface area contributed by atoms with Crippen LogP contribution >= 0.6 is 23.8 Å². The average Bonchev–Trinajstić information content (AvgIpc) is 2.57. The first-order valence-electron chi connectivity index (χ1n) is 7.57. The fourth-order valence-electron chi connectivity index (χ4n) is 2.25. The molecule has 2 aromatic carbocycles. The Morgan fingerprint density at radius 2 is 1.65 bits per heavy atom. The maximum absolute atomic E-state index is 5.87. The number of nitrogens with one attached hydrogen (secondary N) is 2. The number of halogens is 1. The van der Waals surface area contributed by atoms with Gasteiger partial charge in [0, 0.05) is 18.1 Å². The molecule has 0 amide bonds. The summed E-state index contributed by atoms with van der Waals surface area (Å²) in [7, 11) is 1.69. The highest BCUT2D eigenvalue weighted by molar-refractivity contribution is 7.80. The van der Waals surface area contributed by atoms with Gasteiger partial charge in [-0.05, 0) is 54.4 Å². The van der Waals surface area contributed by atoms with Crippen molar-refractivity contribution in [3.8, 4) is 5.75 Å². The van der Waals surface area contributed by atoms with Gasteiger partial charge >= 0.3 is 0 Å². The molecule has 5 heteroatoms. The van der Waals surface area contributed by atoms with Gasteiger partial charge in [0.1, 0.15) is 5.75 Å². The van der Waals surface area contributed by atoms with Crippen molar-refractivity contribution >= 4 is 28.9 Å². The van der Waals surface area contributed by atoms with Crippen LogP contribution in [0.2, 0.25) is 5.02 Å². The lowest BCUT2D eigenvalue weighted by atomic mass is 10.1. The van der Waals surface area contributed by atoms with E-state index in [4.69, 9.17) is 28.6 Å². The van der Waals surface area contributed by atoms with E-state index in [-0.39, 0.29) is 0 Å². The second kappa shape index (κ2) is 9.38. The minimum Gasteiger partial charge on any atom is -0.496 e. The van der Waals surface area contributed by atoms with Gasteiger partial charge in [-0.25, -0.2) is 0 Å². The van der Waals surface area contributed by atoms with E-state index in [0.717, 1.165) is 36.7 Å². The number of thiocarbonyl (C=S) groups is 1. The van der Waals surface area contributed by atoms with Crippen molar-refractivity contribution in [2.24, 2.45) is 0 Å². The summed E-state index contributed by atoms with van der Waals surface area (Å²) >= 11 is 11.2. The van der Waals surface area contributed by atoms with Gasteiger partial charge in [-0.15, -0.1) is 0 Å². The van der Waals surface area contributed by atoms with Crippen LogP contribution in [0.15, 0.2) is 48.5 Å². The number of hydrogen-bond donors (Lipinski definition) is 2. The number of methoxy groups -OCH3 is 1. The van der Waals surface area contributed by atoms with E-state index < -0.39 is 0 Å². The Balaban J connectivity index is 1.66. The van der Waals surface area contributed by atoms with Crippen molar-refractivity contribution in [2.75, 3.05) is 20.2 Å². The molecule has 0 bridgehead atoms. The van der Waals surface area contributed by atoms with Crippen LogP contribution in [0.5, 0.6) is 5.75 Å². The summed E-state index contributed by atoms with van der Waals surface area (Å²) in [6, 6.07) is 15.9. The van der Waals surface area contributed by atoms with Gasteiger partial charge in [0.25, 0.3) is 0 Å². The molecule has 0 aromatic heterocycles. The van der Waals surface area contributed by atoms with Crippen molar-refractivity contribution in [3.05, 3.63) is 64.7 Å². The summed E-state index contributed by atoms with van der Waals surface area (Å²) in [6.45, 7) is 1.56. The van der Waals surface area contributed by atoms with Crippen LogP contribution < -0.4 is 15.4 Å². The minimum absolute atomic E-state index is 0.675. The zero-order chi connectivity index (χ0) is 16.5. The second-order valence-electron chi connectivity index (χ2n) is 5.12. The molecular formula is C18H21ClN2OS. The number of benzene rings is 2. The summed E-state index contributed by atoms with van der Waals surface area (Å²) in [6.07, 6.45) is 1.77. The monoisotopic (exact) mass is 348 g/mol. The van der Waals surface area contributed by atoms with Crippen LogP contribution in [-0.2, 0) is 12.8 Å². The molecule has 2 rings (SSSR count). The molecule has 0 saturated carbocycles. The Labute approximate surface area is 148 Å². The molecule has 122 valence electrons. The molecule has 2 N–H and O–H groups in total. The Bertz CT molecular complexity index is 631. The summed E-state index contributed by atoms with van der Waals surface area (Å²) in [5, 5.41) is 7.87. The SMILES string of the molecule is COc1ccccc1CCNC(=S)NCCc1ccc(Cl)cc1. The molecule has 23 heavy (non-hydrogen) atoms. The number of rotatable bonds is 7. The third kappa shape index (κ3) is 6.08. The Morgan fingerprint density at radius 1 is 1.00 bits per heavy atom. The highest BCUT2D eigenvalue weighted by Crippen LogP contribution is 2.17. The molecule has 0 aliphatic heterocycles. The molecule has 0 radical (unpaired) electrons. The van der Waals surface area contributed by atoms with Gasteiger partial charge in [-0.1, -0.05) is 41.9 Å². The predicted octanol–water partition coefficient (Wildman–Crippen LogP) is 3.60. The van der Waals surface area contributed by atoms with E-state index >= 15 is 0 Å². The highest BCUT2D eigenvalue weighted by atomic mass is 35.5. The fraction of sp³-hybridized carbons (Fsp3) is 0.278. The molecule has 0 aliphatic carbocycles. The number of para-hydroxylation sites is 1. The molecule has 3 nitrogen and oxygen atoms in total. The van der Waals surface area contributed by atoms with Crippen LogP contribution in [0.25, 0.3) is 0 Å². The topological polar surface area (TPSA) is 33.3 Å². The molecular weight excluding hydrogens is 328 g/mol. The molecule has 0 atom stereocenters. The smallest absolute Gasteiger partial charge is 0.166 e. The highest BCUT2D eigenvalue weighted by Gasteiger charge is 2.02. The van der Waals surface area contributed by atoms with Crippen LogP contribution in [0, 0.1) is 0 Å². The van der Waals surface area contributed by atoms with E-state index in [2.05, 4.69) is 16.7 Å². The predicted molar refractivity (Wildman–Crippen MR) is 100 cm³/mol. The van der Waals surface area contributed by atoms with Crippen LogP contribution in [0.4, 0.5) is 0 Å². The molecule has 0 heterocycles. The molecule has 0 unspecified atom stereocenters. The molecule has 0 fully saturated rings. The summed E-state index contributed by atoms with van der Waals surface area (Å²) < 4.78 is 5.34. The third-order valence-electron chi connectivity index (χ3n) is 3.48. The van der Waals surface area contributed by atoms with Crippen molar-refractivity contribution < 1.29 is 4.74 Å². The van der Waals surface area contributed by atoms with Crippen molar-refractivity contribution in [1.82, 2.24) is 10.6 Å². The van der Waals surface area contributed by atoms with Gasteiger partial charge in [-0.2, -0.15) is 0 Å². The zero-order valence-corrected chi connectivity index (χ0v) is 14.7. The van der Waals surface area contributed by atoms with E-state index in [9.17, 15) is 0 Å². The lowest BCUT2D eigenvalue weighted by Crippen LogP contribution is -2.37. The molecule has 2 aromatic rings. The van der Waals surface area contributed by atoms with E-state index in [1.807, 2.05) is 42.5 Å². The fourth-order valence-corrected chi connectivity index (χ4v) is 2.58. The van der Waals surface area contributed by atoms with Gasteiger partial charge < -0.3 is 15.4 Å². The third-order valence-corrected chi connectivity index (χ3v) is 4.03.